The summed E-state index contributed by atoms with van der Waals surface area (Å²) in [5, 5.41) is 0. The maximum Gasteiger partial charge on any atom is 0.269 e. The number of alkyl halides is 1. The topological polar surface area (TPSA) is 76.7 Å². The molecule has 1 aliphatic heterocycles. The molecule has 2 rings (SSSR count). The van der Waals surface area contributed by atoms with Crippen LogP contribution in [-0.4, -0.2) is 30.9 Å². The van der Waals surface area contributed by atoms with E-state index in [1.807, 2.05) is 0 Å². The van der Waals surface area contributed by atoms with Crippen molar-refractivity contribution >= 4 is 23.4 Å². The van der Waals surface area contributed by atoms with E-state index in [-0.39, 0.29) is 5.88 Å². The van der Waals surface area contributed by atoms with Crippen LogP contribution in [0.15, 0.2) is 18.2 Å². The number of hydrogen-bond donors (Lipinski definition) is 2. The third kappa shape index (κ3) is 2.84. The molecule has 1 aliphatic rings. The summed E-state index contributed by atoms with van der Waals surface area (Å²) in [5.41, 5.74) is 4.76. The van der Waals surface area contributed by atoms with Gasteiger partial charge in [0.15, 0.2) is 11.5 Å². The number of hydrazine groups is 1. The van der Waals surface area contributed by atoms with Crippen LogP contribution in [0.3, 0.4) is 0 Å². The lowest BCUT2D eigenvalue weighted by molar-refractivity contribution is -0.119. The van der Waals surface area contributed by atoms with Gasteiger partial charge in [0.05, 0.1) is 0 Å². The molecule has 1 aromatic carbocycles. The number of fused-ring (bicyclic) bond motifs is 1. The number of amides is 2. The number of carbonyl (C=O) groups is 2. The standard InChI is InChI=1S/C11H11ClN2O4/c12-6-10(15)13-14-11(16)7-1-2-8-9(5-7)18-4-3-17-8/h1-2,5H,3-4,6H2,(H,13,15)(H,14,16). The summed E-state index contributed by atoms with van der Waals surface area (Å²) in [5.74, 6) is -0.0466. The number of hydrogen-bond acceptors (Lipinski definition) is 4. The molecule has 0 bridgehead atoms. The van der Waals surface area contributed by atoms with Gasteiger partial charge in [0, 0.05) is 5.56 Å². The lowest BCUT2D eigenvalue weighted by Crippen LogP contribution is -2.42. The Kier molecular flexibility index (Phi) is 3.88. The zero-order valence-corrected chi connectivity index (χ0v) is 10.1. The molecule has 2 N–H and O–H groups in total. The van der Waals surface area contributed by atoms with Crippen molar-refractivity contribution in [3.63, 3.8) is 0 Å². The summed E-state index contributed by atoms with van der Waals surface area (Å²) < 4.78 is 10.7. The van der Waals surface area contributed by atoms with E-state index < -0.39 is 11.8 Å². The molecule has 0 aromatic heterocycles. The van der Waals surface area contributed by atoms with Crippen LogP contribution in [0.25, 0.3) is 0 Å². The van der Waals surface area contributed by atoms with Crippen LogP contribution in [0.1, 0.15) is 10.4 Å². The van der Waals surface area contributed by atoms with Crippen molar-refractivity contribution in [2.75, 3.05) is 19.1 Å². The number of nitrogens with one attached hydrogen (secondary N) is 2. The van der Waals surface area contributed by atoms with Crippen LogP contribution in [0.4, 0.5) is 0 Å². The Hall–Kier alpha value is -1.95. The van der Waals surface area contributed by atoms with E-state index in [2.05, 4.69) is 10.9 Å². The number of carbonyl (C=O) groups excluding carboxylic acids is 2. The van der Waals surface area contributed by atoms with E-state index in [1.165, 1.54) is 0 Å². The molecule has 0 unspecified atom stereocenters. The van der Waals surface area contributed by atoms with Gasteiger partial charge in [0.1, 0.15) is 19.1 Å². The van der Waals surface area contributed by atoms with Gasteiger partial charge < -0.3 is 9.47 Å². The fourth-order valence-electron chi connectivity index (χ4n) is 1.42. The molecular weight excluding hydrogens is 260 g/mol. The molecule has 1 aromatic rings. The average Bonchev–Trinajstić information content (AvgIpc) is 2.43. The molecular formula is C11H11ClN2O4. The Labute approximate surface area is 108 Å². The minimum Gasteiger partial charge on any atom is -0.486 e. The van der Waals surface area contributed by atoms with Crippen LogP contribution in [0.2, 0.25) is 0 Å². The SMILES string of the molecule is O=C(CCl)NNC(=O)c1ccc2c(c1)OCCO2. The molecule has 0 fully saturated rings. The second-order valence-electron chi connectivity index (χ2n) is 3.49. The highest BCUT2D eigenvalue weighted by Crippen LogP contribution is 2.30. The van der Waals surface area contributed by atoms with Gasteiger partial charge in [-0.1, -0.05) is 0 Å². The molecule has 7 heteroatoms. The summed E-state index contributed by atoms with van der Waals surface area (Å²) in [4.78, 5) is 22.6. The van der Waals surface area contributed by atoms with Crippen molar-refractivity contribution in [3.8, 4) is 11.5 Å². The van der Waals surface area contributed by atoms with E-state index in [4.69, 9.17) is 21.1 Å². The lowest BCUT2D eigenvalue weighted by Gasteiger charge is -2.18. The monoisotopic (exact) mass is 270 g/mol. The second-order valence-corrected chi connectivity index (χ2v) is 3.76. The first kappa shape index (κ1) is 12.5. The third-order valence-corrected chi connectivity index (χ3v) is 2.48. The molecule has 0 aliphatic carbocycles. The molecule has 0 radical (unpaired) electrons. The molecule has 0 saturated carbocycles. The number of rotatable bonds is 2. The summed E-state index contributed by atoms with van der Waals surface area (Å²) in [6.45, 7) is 0.936. The minimum absolute atomic E-state index is 0.221. The molecule has 1 heterocycles. The van der Waals surface area contributed by atoms with Gasteiger partial charge in [-0.05, 0) is 18.2 Å². The molecule has 0 saturated heterocycles. The van der Waals surface area contributed by atoms with Crippen molar-refractivity contribution in [1.29, 1.82) is 0 Å². The first-order valence-corrected chi connectivity index (χ1v) is 5.79. The van der Waals surface area contributed by atoms with E-state index in [1.54, 1.807) is 18.2 Å². The predicted molar refractivity (Wildman–Crippen MR) is 63.8 cm³/mol. The fourth-order valence-corrected chi connectivity index (χ4v) is 1.48. The smallest absolute Gasteiger partial charge is 0.269 e. The minimum atomic E-state index is -0.484. The third-order valence-electron chi connectivity index (χ3n) is 2.24. The first-order valence-electron chi connectivity index (χ1n) is 5.25. The van der Waals surface area contributed by atoms with Crippen molar-refractivity contribution in [1.82, 2.24) is 10.9 Å². The highest BCUT2D eigenvalue weighted by molar-refractivity contribution is 6.27. The summed E-state index contributed by atoms with van der Waals surface area (Å²) in [6.07, 6.45) is 0. The van der Waals surface area contributed by atoms with Crippen LogP contribution < -0.4 is 20.3 Å². The van der Waals surface area contributed by atoms with Crippen LogP contribution >= 0.6 is 11.6 Å². The number of benzene rings is 1. The Morgan fingerprint density at radius 2 is 1.89 bits per heavy atom. The number of ether oxygens (including phenoxy) is 2. The molecule has 96 valence electrons. The lowest BCUT2D eigenvalue weighted by atomic mass is 10.2. The Balaban J connectivity index is 2.04. The number of halogens is 1. The second kappa shape index (κ2) is 5.59. The van der Waals surface area contributed by atoms with Crippen LogP contribution in [-0.2, 0) is 4.79 Å². The predicted octanol–water partition coefficient (Wildman–Crippen LogP) is 0.458. The molecule has 0 spiro atoms. The van der Waals surface area contributed by atoms with Crippen molar-refractivity contribution < 1.29 is 19.1 Å². The first-order chi connectivity index (χ1) is 8.70. The normalized spacial score (nSPS) is 12.7. The van der Waals surface area contributed by atoms with Crippen molar-refractivity contribution in [3.05, 3.63) is 23.8 Å². The largest absolute Gasteiger partial charge is 0.486 e. The van der Waals surface area contributed by atoms with Gasteiger partial charge in [-0.2, -0.15) is 0 Å². The molecule has 2 amide bonds. The fraction of sp³-hybridized carbons (Fsp3) is 0.273. The van der Waals surface area contributed by atoms with Gasteiger partial charge in [-0.15, -0.1) is 11.6 Å². The summed E-state index contributed by atoms with van der Waals surface area (Å²) in [7, 11) is 0. The maximum absolute atomic E-state index is 11.7. The summed E-state index contributed by atoms with van der Waals surface area (Å²) >= 11 is 5.28. The Morgan fingerprint density at radius 1 is 1.17 bits per heavy atom. The maximum atomic E-state index is 11.7. The Bertz CT molecular complexity index is 478. The zero-order chi connectivity index (χ0) is 13.0. The average molecular weight is 271 g/mol. The van der Waals surface area contributed by atoms with E-state index in [0.717, 1.165) is 0 Å². The van der Waals surface area contributed by atoms with Crippen molar-refractivity contribution in [2.45, 2.75) is 0 Å². The van der Waals surface area contributed by atoms with E-state index in [9.17, 15) is 9.59 Å². The van der Waals surface area contributed by atoms with Crippen LogP contribution in [0, 0.1) is 0 Å². The van der Waals surface area contributed by atoms with Gasteiger partial charge in [0.2, 0.25) is 0 Å². The van der Waals surface area contributed by atoms with Gasteiger partial charge >= 0.3 is 0 Å². The molecule has 0 atom stereocenters. The highest BCUT2D eigenvalue weighted by Gasteiger charge is 2.15. The van der Waals surface area contributed by atoms with Gasteiger partial charge in [0.25, 0.3) is 11.8 Å². The Morgan fingerprint density at radius 3 is 2.61 bits per heavy atom. The van der Waals surface area contributed by atoms with Crippen molar-refractivity contribution in [2.24, 2.45) is 0 Å². The zero-order valence-electron chi connectivity index (χ0n) is 9.36. The quantitative estimate of drug-likeness (QED) is 0.605. The molecule has 18 heavy (non-hydrogen) atoms. The van der Waals surface area contributed by atoms with Crippen LogP contribution in [0.5, 0.6) is 11.5 Å². The van der Waals surface area contributed by atoms with Gasteiger partial charge in [-0.3, -0.25) is 20.4 Å². The highest BCUT2D eigenvalue weighted by atomic mass is 35.5. The van der Waals surface area contributed by atoms with E-state index >= 15 is 0 Å². The molecule has 6 nitrogen and oxygen atoms in total. The summed E-state index contributed by atoms with van der Waals surface area (Å²) in [6, 6.07) is 4.78. The van der Waals surface area contributed by atoms with Gasteiger partial charge in [-0.25, -0.2) is 0 Å². The van der Waals surface area contributed by atoms with E-state index in [0.29, 0.717) is 30.3 Å².